The first-order chi connectivity index (χ1) is 24.4. The van der Waals surface area contributed by atoms with Crippen LogP contribution in [0.3, 0.4) is 0 Å². The first-order valence-corrected chi connectivity index (χ1v) is 17.9. The number of pyridine rings is 1. The third kappa shape index (κ3) is 9.91. The van der Waals surface area contributed by atoms with Crippen molar-refractivity contribution >= 4 is 11.8 Å². The number of rotatable bonds is 20. The Hall–Kier alpha value is -3.91. The number of aromatic nitrogens is 1. The molecule has 2 amide bonds. The van der Waals surface area contributed by atoms with E-state index in [-0.39, 0.29) is 17.9 Å². The van der Waals surface area contributed by atoms with E-state index in [0.29, 0.717) is 25.5 Å². The van der Waals surface area contributed by atoms with Gasteiger partial charge in [0.15, 0.2) is 0 Å². The maximum absolute atomic E-state index is 13.1. The van der Waals surface area contributed by atoms with Gasteiger partial charge in [-0.1, -0.05) is 43.3 Å². The Labute approximate surface area is 299 Å². The molecule has 51 heavy (non-hydrogen) atoms. The van der Waals surface area contributed by atoms with Crippen molar-refractivity contribution in [3.05, 3.63) is 83.2 Å². The second-order valence-corrected chi connectivity index (χ2v) is 14.2. The average Bonchev–Trinajstić information content (AvgIpc) is 4.07. The molecule has 0 saturated heterocycles. The van der Waals surface area contributed by atoms with Crippen molar-refractivity contribution in [1.82, 2.24) is 15.2 Å². The van der Waals surface area contributed by atoms with Crippen molar-refractivity contribution < 1.29 is 39.9 Å². The van der Waals surface area contributed by atoms with Crippen LogP contribution in [0.4, 0.5) is 0 Å². The van der Waals surface area contributed by atoms with E-state index in [1.807, 2.05) is 30.6 Å². The summed E-state index contributed by atoms with van der Waals surface area (Å²) in [6.07, 6.45) is 2.52. The second kappa shape index (κ2) is 17.1. The minimum absolute atomic E-state index is 0.0767. The van der Waals surface area contributed by atoms with Crippen LogP contribution in [0.2, 0.25) is 0 Å². The molecule has 1 unspecified atom stereocenters. The number of para-hydroxylation sites is 1. The molecule has 2 saturated carbocycles. The molecule has 3 aromatic rings. The largest absolute Gasteiger partial charge is 0.490 e. The van der Waals surface area contributed by atoms with Gasteiger partial charge in [-0.05, 0) is 91.3 Å². The molecule has 2 aliphatic rings. The fourth-order valence-electron chi connectivity index (χ4n) is 6.51. The molecule has 1 aromatic heterocycles. The molecule has 2 aromatic carbocycles. The number of hydrogen-bond acceptors (Lipinski definition) is 10. The van der Waals surface area contributed by atoms with Gasteiger partial charge in [-0.3, -0.25) is 14.6 Å². The number of nitrogens with one attached hydrogen (secondary N) is 1. The molecule has 276 valence electrons. The number of aliphatic hydroxyl groups excluding tert-OH is 5. The van der Waals surface area contributed by atoms with Crippen molar-refractivity contribution in [3.63, 3.8) is 0 Å². The molecule has 5 rings (SSSR count). The Balaban J connectivity index is 1.19. The SMILES string of the molecule is Cc1ccc(C(C)CCCC(=O)N(CC(N)=O)C[C@H](O)[C@@H](O)[C@H](O)[C@H](O)CO)cc1CNC1(c2cnccc2-c2ccccc2OC2CC2)CC1. The molecular weight excluding hydrogens is 652 g/mol. The number of carbonyl (C=O) groups is 2. The minimum atomic E-state index is -1.86. The van der Waals surface area contributed by atoms with E-state index in [1.54, 1.807) is 0 Å². The Bertz CT molecular complexity index is 1640. The summed E-state index contributed by atoms with van der Waals surface area (Å²) in [5.74, 6) is -0.193. The van der Waals surface area contributed by atoms with Crippen molar-refractivity contribution in [2.24, 2.45) is 5.73 Å². The summed E-state index contributed by atoms with van der Waals surface area (Å²) in [4.78, 5) is 30.3. The van der Waals surface area contributed by atoms with Gasteiger partial charge >= 0.3 is 0 Å². The van der Waals surface area contributed by atoms with Crippen LogP contribution in [-0.4, -0.2) is 97.4 Å². The Kier molecular flexibility index (Phi) is 12.8. The van der Waals surface area contributed by atoms with Gasteiger partial charge in [0.05, 0.1) is 19.3 Å². The van der Waals surface area contributed by atoms with Crippen molar-refractivity contribution in [1.29, 1.82) is 0 Å². The fraction of sp³-hybridized carbons (Fsp3) is 0.513. The lowest BCUT2D eigenvalue weighted by Gasteiger charge is -2.30. The zero-order valence-electron chi connectivity index (χ0n) is 29.4. The number of benzene rings is 2. The van der Waals surface area contributed by atoms with E-state index < -0.39 is 55.9 Å². The Morgan fingerprint density at radius 1 is 1.04 bits per heavy atom. The average molecular weight is 705 g/mol. The van der Waals surface area contributed by atoms with Gasteiger partial charge in [0.25, 0.3) is 0 Å². The van der Waals surface area contributed by atoms with Crippen molar-refractivity contribution in [3.8, 4) is 16.9 Å². The van der Waals surface area contributed by atoms with Crippen molar-refractivity contribution in [2.45, 2.75) is 107 Å². The molecule has 1 heterocycles. The lowest BCUT2D eigenvalue weighted by Crippen LogP contribution is -2.51. The normalized spacial score (nSPS) is 17.9. The number of aryl methyl sites for hydroxylation is 1. The Morgan fingerprint density at radius 2 is 1.76 bits per heavy atom. The van der Waals surface area contributed by atoms with E-state index in [9.17, 15) is 30.0 Å². The molecule has 12 heteroatoms. The van der Waals surface area contributed by atoms with Crippen LogP contribution in [0, 0.1) is 6.92 Å². The number of amides is 2. The fourth-order valence-corrected chi connectivity index (χ4v) is 6.51. The van der Waals surface area contributed by atoms with E-state index in [1.165, 1.54) is 16.7 Å². The summed E-state index contributed by atoms with van der Waals surface area (Å²) in [7, 11) is 0. The van der Waals surface area contributed by atoms with Crippen LogP contribution in [0.5, 0.6) is 5.75 Å². The zero-order chi connectivity index (χ0) is 36.7. The molecule has 0 spiro atoms. The van der Waals surface area contributed by atoms with Gasteiger partial charge in [0.1, 0.15) is 30.2 Å². The van der Waals surface area contributed by atoms with Crippen LogP contribution in [0.25, 0.3) is 11.1 Å². The maximum atomic E-state index is 13.1. The predicted octanol–water partition coefficient (Wildman–Crippen LogP) is 2.40. The monoisotopic (exact) mass is 704 g/mol. The third-order valence-corrected chi connectivity index (χ3v) is 10.1. The number of hydrogen-bond donors (Lipinski definition) is 7. The van der Waals surface area contributed by atoms with E-state index in [0.717, 1.165) is 53.0 Å². The lowest BCUT2D eigenvalue weighted by atomic mass is 9.91. The molecule has 2 aliphatic carbocycles. The van der Waals surface area contributed by atoms with Gasteiger partial charge < -0.3 is 46.2 Å². The Morgan fingerprint density at radius 3 is 2.45 bits per heavy atom. The van der Waals surface area contributed by atoms with Gasteiger partial charge in [-0.25, -0.2) is 0 Å². The number of primary amides is 1. The van der Waals surface area contributed by atoms with Crippen LogP contribution in [-0.2, 0) is 21.7 Å². The summed E-state index contributed by atoms with van der Waals surface area (Å²) in [6, 6.07) is 16.8. The predicted molar refractivity (Wildman–Crippen MR) is 191 cm³/mol. The molecule has 2 fully saturated rings. The lowest BCUT2D eigenvalue weighted by molar-refractivity contribution is -0.142. The number of ether oxygens (including phenoxy) is 1. The maximum Gasteiger partial charge on any atom is 0.237 e. The van der Waals surface area contributed by atoms with E-state index >= 15 is 0 Å². The first-order valence-electron chi connectivity index (χ1n) is 17.9. The number of nitrogens with two attached hydrogens (primary N) is 1. The molecule has 5 atom stereocenters. The third-order valence-electron chi connectivity index (χ3n) is 10.1. The smallest absolute Gasteiger partial charge is 0.237 e. The highest BCUT2D eigenvalue weighted by Gasteiger charge is 2.46. The molecule has 0 bridgehead atoms. The van der Waals surface area contributed by atoms with Crippen LogP contribution < -0.4 is 15.8 Å². The van der Waals surface area contributed by atoms with Gasteiger partial charge in [0.2, 0.25) is 11.8 Å². The number of carbonyl (C=O) groups excluding carboxylic acids is 2. The molecular formula is C39H52N4O8. The number of aliphatic hydroxyl groups is 5. The van der Waals surface area contributed by atoms with E-state index in [4.69, 9.17) is 15.6 Å². The highest BCUT2D eigenvalue weighted by atomic mass is 16.5. The summed E-state index contributed by atoms with van der Waals surface area (Å²) in [6.45, 7) is 3.10. The zero-order valence-corrected chi connectivity index (χ0v) is 29.4. The summed E-state index contributed by atoms with van der Waals surface area (Å²) >= 11 is 0. The molecule has 0 aliphatic heterocycles. The summed E-state index contributed by atoms with van der Waals surface area (Å²) < 4.78 is 6.27. The van der Waals surface area contributed by atoms with Crippen molar-refractivity contribution in [2.75, 3.05) is 19.7 Å². The summed E-state index contributed by atoms with van der Waals surface area (Å²) in [5.41, 5.74) is 12.1. The quantitative estimate of drug-likeness (QED) is 0.0917. The minimum Gasteiger partial charge on any atom is -0.490 e. The van der Waals surface area contributed by atoms with Crippen LogP contribution in [0.1, 0.15) is 80.0 Å². The van der Waals surface area contributed by atoms with Gasteiger partial charge in [0, 0.05) is 43.0 Å². The van der Waals surface area contributed by atoms with Gasteiger partial charge in [-0.2, -0.15) is 0 Å². The molecule has 12 nitrogen and oxygen atoms in total. The van der Waals surface area contributed by atoms with Crippen LogP contribution >= 0.6 is 0 Å². The number of nitrogens with zero attached hydrogens (tertiary/aromatic N) is 2. The first kappa shape index (κ1) is 38.3. The van der Waals surface area contributed by atoms with Crippen LogP contribution in [0.15, 0.2) is 60.9 Å². The highest BCUT2D eigenvalue weighted by molar-refractivity contribution is 5.83. The van der Waals surface area contributed by atoms with E-state index in [2.05, 4.69) is 54.5 Å². The second-order valence-electron chi connectivity index (χ2n) is 14.2. The standard InChI is InChI=1S/C39H52N4O8/c1-24(6-5-9-36(48)43(22-35(40)47)21-32(45)37(49)38(50)33(46)23-44)26-11-10-25(2)27(18-26)19-42-39(15-16-39)31-20-41-17-14-29(31)30-7-3-4-8-34(30)51-28-12-13-28/h3-4,7-8,10-11,14,17-18,20,24,28,32-33,37-38,42,44-46,49-50H,5-6,9,12-13,15-16,19,21-23H2,1-2H3,(H2,40,47)/t24?,32-,33+,37+,38+/m0/s1. The van der Waals surface area contributed by atoms with Gasteiger partial charge in [-0.15, -0.1) is 0 Å². The topological polar surface area (TPSA) is 199 Å². The summed E-state index contributed by atoms with van der Waals surface area (Å²) in [5, 5.41) is 53.0. The molecule has 8 N–H and O–H groups in total. The highest BCUT2D eigenvalue weighted by Crippen LogP contribution is 2.50. The molecule has 0 radical (unpaired) electrons.